The molecular weight excluding hydrogens is 250 g/mol. The summed E-state index contributed by atoms with van der Waals surface area (Å²) in [5.74, 6) is 0. The van der Waals surface area contributed by atoms with E-state index in [0.717, 1.165) is 36.3 Å². The Hall–Kier alpha value is -1.94. The summed E-state index contributed by atoms with van der Waals surface area (Å²) >= 11 is 0. The SMILES string of the molecule is Cc1cccc(Cn2c3c(ccc2=O)C[C@@H](N)CC3)n1. The molecular formula is C16H19N3O. The second kappa shape index (κ2) is 5.21. The van der Waals surface area contributed by atoms with Gasteiger partial charge in [0.15, 0.2) is 0 Å². The smallest absolute Gasteiger partial charge is 0.251 e. The highest BCUT2D eigenvalue weighted by atomic mass is 16.1. The third-order valence-electron chi connectivity index (χ3n) is 3.89. The van der Waals surface area contributed by atoms with Gasteiger partial charge in [-0.05, 0) is 43.9 Å². The van der Waals surface area contributed by atoms with Crippen molar-refractivity contribution in [1.82, 2.24) is 9.55 Å². The topological polar surface area (TPSA) is 60.9 Å². The van der Waals surface area contributed by atoms with E-state index in [9.17, 15) is 4.79 Å². The Morgan fingerprint density at radius 2 is 2.20 bits per heavy atom. The van der Waals surface area contributed by atoms with Crippen molar-refractivity contribution < 1.29 is 0 Å². The number of aromatic nitrogens is 2. The number of rotatable bonds is 2. The monoisotopic (exact) mass is 269 g/mol. The standard InChI is InChI=1S/C16H19N3O/c1-11-3-2-4-14(18-11)10-19-15-7-6-13(17)9-12(15)5-8-16(19)20/h2-5,8,13H,6-7,9-10,17H2,1H3/t13-/m0/s1. The highest BCUT2D eigenvalue weighted by Gasteiger charge is 2.19. The molecule has 0 unspecified atom stereocenters. The van der Waals surface area contributed by atoms with Crippen LogP contribution in [0.3, 0.4) is 0 Å². The van der Waals surface area contributed by atoms with Crippen molar-refractivity contribution in [3.05, 3.63) is 63.3 Å². The zero-order valence-corrected chi connectivity index (χ0v) is 11.7. The minimum Gasteiger partial charge on any atom is -0.327 e. The Balaban J connectivity index is 2.01. The molecule has 0 saturated carbocycles. The van der Waals surface area contributed by atoms with Crippen molar-refractivity contribution in [3.8, 4) is 0 Å². The van der Waals surface area contributed by atoms with Crippen LogP contribution in [0.1, 0.15) is 29.1 Å². The normalized spacial score (nSPS) is 17.8. The van der Waals surface area contributed by atoms with Crippen LogP contribution in [-0.2, 0) is 19.4 Å². The van der Waals surface area contributed by atoms with Crippen LogP contribution in [0.2, 0.25) is 0 Å². The van der Waals surface area contributed by atoms with Crippen molar-refractivity contribution in [2.45, 2.75) is 38.8 Å². The van der Waals surface area contributed by atoms with E-state index in [-0.39, 0.29) is 11.6 Å². The zero-order valence-electron chi connectivity index (χ0n) is 11.7. The van der Waals surface area contributed by atoms with E-state index in [1.165, 1.54) is 5.56 Å². The van der Waals surface area contributed by atoms with E-state index in [1.54, 1.807) is 6.07 Å². The van der Waals surface area contributed by atoms with Gasteiger partial charge in [-0.2, -0.15) is 0 Å². The second-order valence-electron chi connectivity index (χ2n) is 5.50. The molecule has 0 radical (unpaired) electrons. The van der Waals surface area contributed by atoms with Crippen LogP contribution in [0.4, 0.5) is 0 Å². The number of aryl methyl sites for hydroxylation is 1. The van der Waals surface area contributed by atoms with Gasteiger partial charge in [0.25, 0.3) is 5.56 Å². The molecule has 1 aliphatic rings. The molecule has 4 nitrogen and oxygen atoms in total. The molecule has 1 atom stereocenters. The first-order valence-electron chi connectivity index (χ1n) is 7.03. The lowest BCUT2D eigenvalue weighted by atomic mass is 9.92. The average molecular weight is 269 g/mol. The van der Waals surface area contributed by atoms with Crippen LogP contribution < -0.4 is 11.3 Å². The second-order valence-corrected chi connectivity index (χ2v) is 5.50. The lowest BCUT2D eigenvalue weighted by molar-refractivity contribution is 0.535. The van der Waals surface area contributed by atoms with Gasteiger partial charge in [0, 0.05) is 23.5 Å². The van der Waals surface area contributed by atoms with E-state index in [0.29, 0.717) is 6.54 Å². The van der Waals surface area contributed by atoms with Crippen molar-refractivity contribution in [2.75, 3.05) is 0 Å². The minimum absolute atomic E-state index is 0.0440. The lowest BCUT2D eigenvalue weighted by Gasteiger charge is -2.24. The molecule has 20 heavy (non-hydrogen) atoms. The number of fused-ring (bicyclic) bond motifs is 1. The first-order chi connectivity index (χ1) is 9.63. The summed E-state index contributed by atoms with van der Waals surface area (Å²) in [6, 6.07) is 9.70. The Bertz CT molecular complexity index is 690. The largest absolute Gasteiger partial charge is 0.327 e. The molecule has 2 aromatic heterocycles. The first kappa shape index (κ1) is 13.1. The summed E-state index contributed by atoms with van der Waals surface area (Å²) in [6.45, 7) is 2.50. The Morgan fingerprint density at radius 1 is 1.35 bits per heavy atom. The highest BCUT2D eigenvalue weighted by molar-refractivity contribution is 5.26. The van der Waals surface area contributed by atoms with E-state index in [4.69, 9.17) is 5.73 Å². The third kappa shape index (κ3) is 2.51. The number of hydrogen-bond acceptors (Lipinski definition) is 3. The summed E-state index contributed by atoms with van der Waals surface area (Å²) in [5, 5.41) is 0. The van der Waals surface area contributed by atoms with Gasteiger partial charge >= 0.3 is 0 Å². The van der Waals surface area contributed by atoms with E-state index in [2.05, 4.69) is 4.98 Å². The molecule has 0 fully saturated rings. The van der Waals surface area contributed by atoms with Crippen LogP contribution in [0.5, 0.6) is 0 Å². The van der Waals surface area contributed by atoms with Crippen LogP contribution in [0.25, 0.3) is 0 Å². The number of nitrogens with zero attached hydrogens (tertiary/aromatic N) is 2. The molecule has 2 N–H and O–H groups in total. The summed E-state index contributed by atoms with van der Waals surface area (Å²) in [6.07, 6.45) is 2.67. The van der Waals surface area contributed by atoms with Crippen molar-refractivity contribution >= 4 is 0 Å². The van der Waals surface area contributed by atoms with Gasteiger partial charge in [-0.25, -0.2) is 0 Å². The fourth-order valence-electron chi connectivity index (χ4n) is 2.88. The van der Waals surface area contributed by atoms with Crippen LogP contribution in [-0.4, -0.2) is 15.6 Å². The van der Waals surface area contributed by atoms with Gasteiger partial charge in [-0.15, -0.1) is 0 Å². The summed E-state index contributed by atoms with van der Waals surface area (Å²) < 4.78 is 1.85. The summed E-state index contributed by atoms with van der Waals surface area (Å²) in [7, 11) is 0. The molecule has 104 valence electrons. The Morgan fingerprint density at radius 3 is 3.00 bits per heavy atom. The van der Waals surface area contributed by atoms with Crippen molar-refractivity contribution in [2.24, 2.45) is 5.73 Å². The van der Waals surface area contributed by atoms with Crippen LogP contribution in [0, 0.1) is 6.92 Å². The van der Waals surface area contributed by atoms with Crippen molar-refractivity contribution in [1.29, 1.82) is 0 Å². The van der Waals surface area contributed by atoms with Gasteiger partial charge in [0.2, 0.25) is 0 Å². The number of hydrogen-bond donors (Lipinski definition) is 1. The quantitative estimate of drug-likeness (QED) is 0.897. The predicted octanol–water partition coefficient (Wildman–Crippen LogP) is 1.42. The molecule has 0 aromatic carbocycles. The molecule has 0 aliphatic heterocycles. The molecule has 0 spiro atoms. The van der Waals surface area contributed by atoms with Gasteiger partial charge < -0.3 is 10.3 Å². The van der Waals surface area contributed by atoms with E-state index in [1.807, 2.05) is 35.8 Å². The minimum atomic E-state index is 0.0440. The summed E-state index contributed by atoms with van der Waals surface area (Å²) in [4.78, 5) is 16.7. The molecule has 1 aliphatic carbocycles. The number of nitrogens with two attached hydrogens (primary N) is 1. The van der Waals surface area contributed by atoms with E-state index < -0.39 is 0 Å². The van der Waals surface area contributed by atoms with Gasteiger partial charge in [-0.3, -0.25) is 9.78 Å². The lowest BCUT2D eigenvalue weighted by Crippen LogP contribution is -2.33. The fraction of sp³-hybridized carbons (Fsp3) is 0.375. The molecule has 0 amide bonds. The van der Waals surface area contributed by atoms with Crippen molar-refractivity contribution in [3.63, 3.8) is 0 Å². The number of pyridine rings is 2. The molecule has 4 heteroatoms. The molecule has 2 heterocycles. The molecule has 0 saturated heterocycles. The highest BCUT2D eigenvalue weighted by Crippen LogP contribution is 2.19. The Kier molecular flexibility index (Phi) is 3.40. The third-order valence-corrected chi connectivity index (χ3v) is 3.89. The maximum atomic E-state index is 12.2. The van der Waals surface area contributed by atoms with Crippen LogP contribution in [0.15, 0.2) is 35.1 Å². The fourth-order valence-corrected chi connectivity index (χ4v) is 2.88. The van der Waals surface area contributed by atoms with E-state index >= 15 is 0 Å². The van der Waals surface area contributed by atoms with Gasteiger partial charge in [0.05, 0.1) is 12.2 Å². The summed E-state index contributed by atoms with van der Waals surface area (Å²) in [5.41, 5.74) is 10.3. The maximum Gasteiger partial charge on any atom is 0.251 e. The maximum absolute atomic E-state index is 12.2. The average Bonchev–Trinajstić information content (AvgIpc) is 2.42. The molecule has 0 bridgehead atoms. The molecule has 3 rings (SSSR count). The zero-order chi connectivity index (χ0) is 14.1. The van der Waals surface area contributed by atoms with Gasteiger partial charge in [0.1, 0.15) is 0 Å². The van der Waals surface area contributed by atoms with Crippen LogP contribution >= 0.6 is 0 Å². The Labute approximate surface area is 118 Å². The van der Waals surface area contributed by atoms with Gasteiger partial charge in [-0.1, -0.05) is 12.1 Å². The molecule has 2 aromatic rings. The first-order valence-corrected chi connectivity index (χ1v) is 7.03. The predicted molar refractivity (Wildman–Crippen MR) is 78.8 cm³/mol.